The monoisotopic (exact) mass is 591 g/mol. The summed E-state index contributed by atoms with van der Waals surface area (Å²) in [6, 6.07) is 6.94. The molecule has 11 heteroatoms. The first-order valence-electron chi connectivity index (χ1n) is 14.6. The van der Waals surface area contributed by atoms with Crippen molar-refractivity contribution in [1.82, 2.24) is 21.3 Å². The second kappa shape index (κ2) is 14.2. The van der Waals surface area contributed by atoms with E-state index in [4.69, 9.17) is 21.1 Å². The van der Waals surface area contributed by atoms with Crippen LogP contribution in [0.3, 0.4) is 0 Å². The Kier molecular flexibility index (Phi) is 11.3. The van der Waals surface area contributed by atoms with E-state index in [1.807, 2.05) is 41.5 Å². The second-order valence-electron chi connectivity index (χ2n) is 13.0. The minimum atomic E-state index is -0.540. The van der Waals surface area contributed by atoms with Crippen molar-refractivity contribution < 1.29 is 23.9 Å². The molecule has 2 fully saturated rings. The number of carbonyl (C=O) groups excluding carboxylic acids is 3. The number of carbonyl (C=O) groups is 3. The van der Waals surface area contributed by atoms with Gasteiger partial charge in [-0.25, -0.2) is 9.59 Å². The zero-order chi connectivity index (χ0) is 30.2. The molecule has 1 aromatic rings. The van der Waals surface area contributed by atoms with Crippen LogP contribution in [-0.4, -0.2) is 59.4 Å². The zero-order valence-electron chi connectivity index (χ0n) is 25.1. The molecular formula is C30H46ClN5O5. The highest BCUT2D eigenvalue weighted by Crippen LogP contribution is 2.22. The van der Waals surface area contributed by atoms with Crippen molar-refractivity contribution in [2.45, 2.75) is 128 Å². The second-order valence-corrected chi connectivity index (χ2v) is 13.4. The largest absolute Gasteiger partial charge is 0.444 e. The maximum Gasteiger partial charge on any atom is 0.407 e. The summed E-state index contributed by atoms with van der Waals surface area (Å²) in [5.41, 5.74) is -0.630. The van der Waals surface area contributed by atoms with Gasteiger partial charge in [0.15, 0.2) is 5.96 Å². The number of nitrogens with one attached hydrogen (secondary N) is 4. The molecule has 0 aliphatic heterocycles. The van der Waals surface area contributed by atoms with E-state index in [9.17, 15) is 14.4 Å². The van der Waals surface area contributed by atoms with Gasteiger partial charge in [-0.3, -0.25) is 4.79 Å². The normalized spacial score (nSPS) is 23.0. The lowest BCUT2D eigenvalue weighted by atomic mass is 9.90. The molecule has 3 amide bonds. The molecule has 228 valence electrons. The van der Waals surface area contributed by atoms with Crippen LogP contribution in [0.4, 0.5) is 9.59 Å². The van der Waals surface area contributed by atoms with Crippen molar-refractivity contribution in [2.75, 3.05) is 0 Å². The lowest BCUT2D eigenvalue weighted by molar-refractivity contribution is 0.0479. The molecule has 10 nitrogen and oxygen atoms in total. The molecule has 0 aromatic heterocycles. The van der Waals surface area contributed by atoms with Gasteiger partial charge in [-0.1, -0.05) is 11.6 Å². The topological polar surface area (TPSA) is 130 Å². The Morgan fingerprint density at radius 2 is 1.00 bits per heavy atom. The summed E-state index contributed by atoms with van der Waals surface area (Å²) in [6.07, 6.45) is 5.59. The molecule has 1 aromatic carbocycles. The molecule has 0 saturated heterocycles. The summed E-state index contributed by atoms with van der Waals surface area (Å²) in [6.45, 7) is 11.1. The number of alkyl carbamates (subject to hydrolysis) is 2. The van der Waals surface area contributed by atoms with Crippen LogP contribution in [0.2, 0.25) is 5.02 Å². The minimum absolute atomic E-state index is 0.0414. The molecule has 0 unspecified atom stereocenters. The maximum atomic E-state index is 13.0. The van der Waals surface area contributed by atoms with Crippen LogP contribution in [0, 0.1) is 0 Å². The first-order valence-corrected chi connectivity index (χ1v) is 14.9. The van der Waals surface area contributed by atoms with Gasteiger partial charge in [0, 0.05) is 34.8 Å². The Morgan fingerprint density at radius 1 is 0.659 bits per heavy atom. The van der Waals surface area contributed by atoms with Gasteiger partial charge < -0.3 is 30.7 Å². The van der Waals surface area contributed by atoms with Crippen LogP contribution in [0.25, 0.3) is 0 Å². The summed E-state index contributed by atoms with van der Waals surface area (Å²) in [5, 5.41) is 13.4. The van der Waals surface area contributed by atoms with Gasteiger partial charge >= 0.3 is 12.2 Å². The fourth-order valence-corrected chi connectivity index (χ4v) is 5.09. The predicted octanol–water partition coefficient (Wildman–Crippen LogP) is 5.69. The highest BCUT2D eigenvalue weighted by atomic mass is 35.5. The number of aliphatic imine (C=N–C) groups is 1. The summed E-state index contributed by atoms with van der Waals surface area (Å²) in [4.78, 5) is 41.8. The molecule has 0 atom stereocenters. The Labute approximate surface area is 248 Å². The Balaban J connectivity index is 1.58. The number of halogens is 1. The van der Waals surface area contributed by atoms with Crippen molar-refractivity contribution in [3.63, 3.8) is 0 Å². The number of amides is 3. The predicted molar refractivity (Wildman–Crippen MR) is 160 cm³/mol. The molecule has 2 aliphatic carbocycles. The van der Waals surface area contributed by atoms with Gasteiger partial charge in [-0.2, -0.15) is 4.99 Å². The maximum absolute atomic E-state index is 13.0. The molecule has 0 bridgehead atoms. The highest BCUT2D eigenvalue weighted by Gasteiger charge is 2.28. The zero-order valence-corrected chi connectivity index (χ0v) is 25.9. The molecule has 4 N–H and O–H groups in total. The van der Waals surface area contributed by atoms with Crippen LogP contribution in [-0.2, 0) is 9.47 Å². The molecule has 41 heavy (non-hydrogen) atoms. The van der Waals surface area contributed by atoms with E-state index in [2.05, 4.69) is 26.3 Å². The third-order valence-electron chi connectivity index (χ3n) is 6.88. The summed E-state index contributed by atoms with van der Waals surface area (Å²) >= 11 is 5.99. The number of ether oxygens (including phenoxy) is 2. The van der Waals surface area contributed by atoms with E-state index in [1.54, 1.807) is 24.3 Å². The third-order valence-corrected chi connectivity index (χ3v) is 7.13. The van der Waals surface area contributed by atoms with Gasteiger partial charge in [-0.15, -0.1) is 0 Å². The van der Waals surface area contributed by atoms with Crippen LogP contribution >= 0.6 is 11.6 Å². The highest BCUT2D eigenvalue weighted by molar-refractivity contribution is 6.30. The quantitative estimate of drug-likeness (QED) is 0.256. The van der Waals surface area contributed by atoms with E-state index < -0.39 is 23.4 Å². The van der Waals surface area contributed by atoms with E-state index in [0.717, 1.165) is 51.4 Å². The van der Waals surface area contributed by atoms with Crippen molar-refractivity contribution >= 4 is 35.7 Å². The van der Waals surface area contributed by atoms with Gasteiger partial charge in [0.05, 0.1) is 0 Å². The van der Waals surface area contributed by atoms with Crippen molar-refractivity contribution in [2.24, 2.45) is 4.99 Å². The standard InChI is InChI=1S/C30H46ClN5O5/c1-29(2,3)40-27(38)34-23-15-11-21(12-16-23)32-26(36-25(37)19-7-9-20(31)10-8-19)33-22-13-17-24(18-14-22)35-28(39)41-30(4,5)6/h7-10,21-24H,11-18H2,1-6H3,(H,34,38)(H,35,39)(H2,32,33,36,37). The fraction of sp³-hybridized carbons (Fsp3) is 0.667. The molecule has 0 radical (unpaired) electrons. The molecule has 2 saturated carbocycles. The van der Waals surface area contributed by atoms with E-state index in [-0.39, 0.29) is 30.1 Å². The fourth-order valence-electron chi connectivity index (χ4n) is 4.96. The molecular weight excluding hydrogens is 546 g/mol. The Bertz CT molecular complexity index is 1010. The van der Waals surface area contributed by atoms with Crippen molar-refractivity contribution in [3.05, 3.63) is 34.9 Å². The SMILES string of the molecule is CC(C)(C)OC(=O)NC1CCC(NC(=NC(=O)c2ccc(Cl)cc2)NC2CCC(NC(=O)OC(C)(C)C)CC2)CC1. The Hall–Kier alpha value is -3.01. The summed E-state index contributed by atoms with van der Waals surface area (Å²) in [7, 11) is 0. The summed E-state index contributed by atoms with van der Waals surface area (Å²) in [5.74, 6) is 0.0780. The van der Waals surface area contributed by atoms with E-state index >= 15 is 0 Å². The van der Waals surface area contributed by atoms with Gasteiger partial charge in [0.1, 0.15) is 11.2 Å². The lowest BCUT2D eigenvalue weighted by Gasteiger charge is -2.34. The van der Waals surface area contributed by atoms with Crippen LogP contribution < -0.4 is 21.3 Å². The van der Waals surface area contributed by atoms with Gasteiger partial charge in [0.25, 0.3) is 5.91 Å². The van der Waals surface area contributed by atoms with E-state index in [1.165, 1.54) is 0 Å². The molecule has 0 spiro atoms. The number of nitrogens with zero attached hydrogens (tertiary/aromatic N) is 1. The Morgan fingerprint density at radius 3 is 1.34 bits per heavy atom. The number of rotatable bonds is 5. The van der Waals surface area contributed by atoms with Crippen LogP contribution in [0.15, 0.2) is 29.3 Å². The molecule has 2 aliphatic rings. The lowest BCUT2D eigenvalue weighted by Crippen LogP contribution is -2.52. The summed E-state index contributed by atoms with van der Waals surface area (Å²) < 4.78 is 10.8. The average Bonchev–Trinajstić information content (AvgIpc) is 2.84. The first-order chi connectivity index (χ1) is 19.1. The van der Waals surface area contributed by atoms with Gasteiger partial charge in [0.2, 0.25) is 0 Å². The van der Waals surface area contributed by atoms with Crippen molar-refractivity contribution in [1.29, 1.82) is 0 Å². The van der Waals surface area contributed by atoms with Crippen LogP contribution in [0.1, 0.15) is 103 Å². The number of benzene rings is 1. The van der Waals surface area contributed by atoms with E-state index in [0.29, 0.717) is 16.5 Å². The molecule has 0 heterocycles. The van der Waals surface area contributed by atoms with Crippen molar-refractivity contribution in [3.8, 4) is 0 Å². The smallest absolute Gasteiger partial charge is 0.407 e. The van der Waals surface area contributed by atoms with Gasteiger partial charge in [-0.05, 0) is 117 Å². The molecule has 3 rings (SSSR count). The number of guanidine groups is 1. The third kappa shape index (κ3) is 12.2. The minimum Gasteiger partial charge on any atom is -0.444 e. The average molecular weight is 592 g/mol. The van der Waals surface area contributed by atoms with Crippen LogP contribution in [0.5, 0.6) is 0 Å². The number of hydrogen-bond donors (Lipinski definition) is 4. The first kappa shape index (κ1) is 32.5. The number of hydrogen-bond acceptors (Lipinski definition) is 5.